The van der Waals surface area contributed by atoms with Crippen LogP contribution in [0.4, 0.5) is 5.95 Å². The molecule has 0 spiro atoms. The Morgan fingerprint density at radius 3 is 2.58 bits per heavy atom. The van der Waals surface area contributed by atoms with Gasteiger partial charge in [0.2, 0.25) is 5.95 Å². The van der Waals surface area contributed by atoms with Crippen molar-refractivity contribution in [3.8, 4) is 22.8 Å². The Morgan fingerprint density at radius 1 is 1.21 bits per heavy atom. The number of aromatic nitrogens is 2. The van der Waals surface area contributed by atoms with Gasteiger partial charge >= 0.3 is 0 Å². The van der Waals surface area contributed by atoms with Gasteiger partial charge in [-0.25, -0.2) is 9.97 Å². The number of methoxy groups -OCH3 is 2. The average Bonchev–Trinajstić information content (AvgIpc) is 2.41. The van der Waals surface area contributed by atoms with E-state index in [-0.39, 0.29) is 5.95 Å². The van der Waals surface area contributed by atoms with Crippen LogP contribution >= 0.6 is 15.9 Å². The van der Waals surface area contributed by atoms with Crippen LogP contribution in [-0.4, -0.2) is 24.2 Å². The van der Waals surface area contributed by atoms with Gasteiger partial charge in [0.25, 0.3) is 0 Å². The molecule has 5 nitrogen and oxygen atoms in total. The van der Waals surface area contributed by atoms with E-state index in [9.17, 15) is 0 Å². The van der Waals surface area contributed by atoms with Crippen molar-refractivity contribution in [1.29, 1.82) is 0 Å². The molecule has 1 aromatic heterocycles. The fourth-order valence-electron chi connectivity index (χ4n) is 1.81. The van der Waals surface area contributed by atoms with Gasteiger partial charge in [0.15, 0.2) is 0 Å². The number of nitrogens with zero attached hydrogens (tertiary/aromatic N) is 2. The summed E-state index contributed by atoms with van der Waals surface area (Å²) in [4.78, 5) is 8.24. The molecule has 6 heteroatoms. The Balaban J connectivity index is 2.68. The predicted molar refractivity (Wildman–Crippen MR) is 77.4 cm³/mol. The molecule has 1 aromatic carbocycles. The third-order valence-electron chi connectivity index (χ3n) is 2.73. The highest BCUT2D eigenvalue weighted by Crippen LogP contribution is 2.42. The molecule has 0 aliphatic rings. The number of ether oxygens (including phenoxy) is 2. The molecule has 19 heavy (non-hydrogen) atoms. The third-order valence-corrected chi connectivity index (χ3v) is 3.48. The number of hydrogen-bond acceptors (Lipinski definition) is 5. The van der Waals surface area contributed by atoms with E-state index in [1.54, 1.807) is 20.4 Å². The van der Waals surface area contributed by atoms with Crippen LogP contribution in [0.1, 0.15) is 5.56 Å². The molecule has 0 unspecified atom stereocenters. The standard InChI is InChI=1S/C13H14BrN3O2/c1-7-6-16-13(15)17-11(7)8-4-5-9(18-2)10(14)12(8)19-3/h4-6H,1-3H3,(H2,15,16,17). The zero-order valence-corrected chi connectivity index (χ0v) is 12.5. The molecule has 0 amide bonds. The summed E-state index contributed by atoms with van der Waals surface area (Å²) in [5, 5.41) is 0. The summed E-state index contributed by atoms with van der Waals surface area (Å²) < 4.78 is 11.4. The molecule has 0 aliphatic carbocycles. The summed E-state index contributed by atoms with van der Waals surface area (Å²) in [6.45, 7) is 1.92. The highest BCUT2D eigenvalue weighted by Gasteiger charge is 2.17. The van der Waals surface area contributed by atoms with Gasteiger partial charge in [-0.3, -0.25) is 0 Å². The van der Waals surface area contributed by atoms with E-state index < -0.39 is 0 Å². The van der Waals surface area contributed by atoms with Gasteiger partial charge in [-0.15, -0.1) is 0 Å². The number of nitrogens with two attached hydrogens (primary N) is 1. The third kappa shape index (κ3) is 2.49. The average molecular weight is 324 g/mol. The normalized spacial score (nSPS) is 10.3. The number of hydrogen-bond donors (Lipinski definition) is 1. The molecule has 0 atom stereocenters. The van der Waals surface area contributed by atoms with Crippen molar-refractivity contribution >= 4 is 21.9 Å². The van der Waals surface area contributed by atoms with Crippen LogP contribution in [0.5, 0.6) is 11.5 Å². The molecule has 100 valence electrons. The maximum absolute atomic E-state index is 5.65. The number of aryl methyl sites for hydroxylation is 1. The fourth-order valence-corrected chi connectivity index (χ4v) is 2.48. The van der Waals surface area contributed by atoms with Gasteiger partial charge in [-0.05, 0) is 40.5 Å². The topological polar surface area (TPSA) is 70.3 Å². The summed E-state index contributed by atoms with van der Waals surface area (Å²) in [7, 11) is 3.20. The highest BCUT2D eigenvalue weighted by molar-refractivity contribution is 9.10. The quantitative estimate of drug-likeness (QED) is 0.940. The smallest absolute Gasteiger partial charge is 0.220 e. The number of benzene rings is 1. The molecule has 0 bridgehead atoms. The second kappa shape index (κ2) is 5.44. The first kappa shape index (κ1) is 13.6. The number of halogens is 1. The molecule has 0 saturated carbocycles. The summed E-state index contributed by atoms with van der Waals surface area (Å²) >= 11 is 3.47. The van der Waals surface area contributed by atoms with E-state index in [1.807, 2.05) is 19.1 Å². The van der Waals surface area contributed by atoms with Gasteiger partial charge in [0, 0.05) is 11.8 Å². The molecule has 0 saturated heterocycles. The van der Waals surface area contributed by atoms with Gasteiger partial charge in [0.05, 0.1) is 19.9 Å². The van der Waals surface area contributed by atoms with Crippen molar-refractivity contribution in [2.75, 3.05) is 20.0 Å². The molecular weight excluding hydrogens is 310 g/mol. The summed E-state index contributed by atoms with van der Waals surface area (Å²) in [6, 6.07) is 3.73. The van der Waals surface area contributed by atoms with Gasteiger partial charge < -0.3 is 15.2 Å². The van der Waals surface area contributed by atoms with E-state index >= 15 is 0 Å². The van der Waals surface area contributed by atoms with E-state index in [4.69, 9.17) is 15.2 Å². The maximum Gasteiger partial charge on any atom is 0.220 e. The Labute approximate surface area is 119 Å². The van der Waals surface area contributed by atoms with Gasteiger partial charge in [-0.1, -0.05) is 0 Å². The fraction of sp³-hybridized carbons (Fsp3) is 0.231. The lowest BCUT2D eigenvalue weighted by Crippen LogP contribution is -2.00. The number of rotatable bonds is 3. The van der Waals surface area contributed by atoms with Crippen molar-refractivity contribution in [3.63, 3.8) is 0 Å². The molecular formula is C13H14BrN3O2. The van der Waals surface area contributed by atoms with Crippen molar-refractivity contribution in [1.82, 2.24) is 9.97 Å². The van der Waals surface area contributed by atoms with Crippen molar-refractivity contribution in [2.24, 2.45) is 0 Å². The van der Waals surface area contributed by atoms with Crippen LogP contribution in [-0.2, 0) is 0 Å². The van der Waals surface area contributed by atoms with Crippen LogP contribution in [0.25, 0.3) is 11.3 Å². The van der Waals surface area contributed by atoms with Crippen molar-refractivity contribution in [3.05, 3.63) is 28.4 Å². The largest absolute Gasteiger partial charge is 0.495 e. The molecule has 1 heterocycles. The van der Waals surface area contributed by atoms with Crippen LogP contribution < -0.4 is 15.2 Å². The second-order valence-corrected chi connectivity index (χ2v) is 4.72. The zero-order chi connectivity index (χ0) is 14.0. The summed E-state index contributed by atoms with van der Waals surface area (Å²) in [5.41, 5.74) is 8.15. The minimum absolute atomic E-state index is 0.231. The van der Waals surface area contributed by atoms with Gasteiger partial charge in [0.1, 0.15) is 16.0 Å². The SMILES string of the molecule is COc1ccc(-c2nc(N)ncc2C)c(OC)c1Br. The Morgan fingerprint density at radius 2 is 1.95 bits per heavy atom. The number of nitrogen functional groups attached to an aromatic ring is 1. The second-order valence-electron chi connectivity index (χ2n) is 3.92. The van der Waals surface area contributed by atoms with E-state index in [0.29, 0.717) is 11.5 Å². The van der Waals surface area contributed by atoms with Gasteiger partial charge in [-0.2, -0.15) is 0 Å². The molecule has 2 rings (SSSR count). The Hall–Kier alpha value is -1.82. The molecule has 2 aromatic rings. The van der Waals surface area contributed by atoms with E-state index in [0.717, 1.165) is 21.3 Å². The van der Waals surface area contributed by atoms with E-state index in [1.165, 1.54) is 0 Å². The maximum atomic E-state index is 5.65. The van der Waals surface area contributed by atoms with Crippen molar-refractivity contribution in [2.45, 2.75) is 6.92 Å². The Kier molecular flexibility index (Phi) is 3.90. The molecule has 0 aliphatic heterocycles. The molecule has 0 fully saturated rings. The minimum atomic E-state index is 0.231. The van der Waals surface area contributed by atoms with Crippen LogP contribution in [0.3, 0.4) is 0 Å². The first-order chi connectivity index (χ1) is 9.08. The van der Waals surface area contributed by atoms with Crippen molar-refractivity contribution < 1.29 is 9.47 Å². The zero-order valence-electron chi connectivity index (χ0n) is 10.9. The lowest BCUT2D eigenvalue weighted by atomic mass is 10.1. The van der Waals surface area contributed by atoms with Crippen LogP contribution in [0, 0.1) is 6.92 Å². The number of anilines is 1. The lowest BCUT2D eigenvalue weighted by molar-refractivity contribution is 0.390. The Bertz CT molecular complexity index is 617. The van der Waals surface area contributed by atoms with Crippen LogP contribution in [0.15, 0.2) is 22.8 Å². The lowest BCUT2D eigenvalue weighted by Gasteiger charge is -2.14. The highest BCUT2D eigenvalue weighted by atomic mass is 79.9. The first-order valence-corrected chi connectivity index (χ1v) is 6.37. The summed E-state index contributed by atoms with van der Waals surface area (Å²) in [6.07, 6.45) is 1.69. The molecule has 2 N–H and O–H groups in total. The predicted octanol–water partition coefficient (Wildman–Crippen LogP) is 2.81. The first-order valence-electron chi connectivity index (χ1n) is 5.58. The monoisotopic (exact) mass is 323 g/mol. The van der Waals surface area contributed by atoms with Crippen LogP contribution in [0.2, 0.25) is 0 Å². The van der Waals surface area contributed by atoms with E-state index in [2.05, 4.69) is 25.9 Å². The molecule has 0 radical (unpaired) electrons. The minimum Gasteiger partial charge on any atom is -0.495 e. The summed E-state index contributed by atoms with van der Waals surface area (Å²) in [5.74, 6) is 1.58.